The number of nitrogens with zero attached hydrogens (tertiary/aromatic N) is 1. The maximum Gasteiger partial charge on any atom is 0.259 e. The highest BCUT2D eigenvalue weighted by molar-refractivity contribution is 7.99. The molecule has 0 unspecified atom stereocenters. The number of nitrogen functional groups attached to an aromatic ring is 1. The largest absolute Gasteiger partial charge is 0.398 e. The number of thioether (sulfide) groups is 1. The summed E-state index contributed by atoms with van der Waals surface area (Å²) in [7, 11) is 0. The molecule has 7 heteroatoms. The first-order valence-electron chi connectivity index (χ1n) is 6.42. The predicted molar refractivity (Wildman–Crippen MR) is 87.8 cm³/mol. The van der Waals surface area contributed by atoms with E-state index in [1.807, 2.05) is 6.07 Å². The molecule has 0 aliphatic carbocycles. The Hall–Kier alpha value is -1.57. The minimum Gasteiger partial charge on any atom is -0.398 e. The molecule has 0 saturated carbocycles. The number of aliphatic hydroxyl groups is 1. The van der Waals surface area contributed by atoms with Gasteiger partial charge in [0.1, 0.15) is 0 Å². The van der Waals surface area contributed by atoms with Crippen LogP contribution in [0.15, 0.2) is 28.5 Å². The van der Waals surface area contributed by atoms with Crippen molar-refractivity contribution in [2.45, 2.75) is 30.6 Å². The van der Waals surface area contributed by atoms with E-state index in [0.717, 1.165) is 4.90 Å². The molecule has 2 rings (SSSR count). The third kappa shape index (κ3) is 4.20. The maximum atomic E-state index is 12.3. The third-order valence-electron chi connectivity index (χ3n) is 2.58. The number of anilines is 2. The number of nitrogens with two attached hydrogens (primary N) is 1. The van der Waals surface area contributed by atoms with E-state index < -0.39 is 0 Å². The molecule has 0 bridgehead atoms. The lowest BCUT2D eigenvalue weighted by Crippen LogP contribution is -2.14. The van der Waals surface area contributed by atoms with E-state index in [2.05, 4.69) is 24.1 Å². The average Bonchev–Trinajstić information content (AvgIpc) is 2.88. The fourth-order valence-electron chi connectivity index (χ4n) is 1.68. The smallest absolute Gasteiger partial charge is 0.259 e. The summed E-state index contributed by atoms with van der Waals surface area (Å²) in [6.45, 7) is 4.04. The minimum absolute atomic E-state index is 0.144. The highest BCUT2D eigenvalue weighted by Gasteiger charge is 2.13. The summed E-state index contributed by atoms with van der Waals surface area (Å²) in [6, 6.07) is 5.43. The van der Waals surface area contributed by atoms with Crippen molar-refractivity contribution in [3.63, 3.8) is 0 Å². The molecule has 1 aromatic carbocycles. The number of hydrogen-bond acceptors (Lipinski definition) is 6. The zero-order valence-corrected chi connectivity index (χ0v) is 13.4. The van der Waals surface area contributed by atoms with Gasteiger partial charge in [-0.3, -0.25) is 10.1 Å². The number of thiazole rings is 1. The van der Waals surface area contributed by atoms with Gasteiger partial charge in [0, 0.05) is 21.2 Å². The van der Waals surface area contributed by atoms with E-state index in [9.17, 15) is 4.79 Å². The number of carbonyl (C=O) groups excluding carboxylic acids is 1. The topological polar surface area (TPSA) is 88.2 Å². The van der Waals surface area contributed by atoms with Gasteiger partial charge in [-0.15, -0.1) is 23.1 Å². The van der Waals surface area contributed by atoms with E-state index >= 15 is 0 Å². The molecular weight excluding hydrogens is 306 g/mol. The lowest BCUT2D eigenvalue weighted by molar-refractivity contribution is 0.102. The zero-order valence-electron chi connectivity index (χ0n) is 11.8. The molecule has 0 fully saturated rings. The Kier molecular flexibility index (Phi) is 5.22. The van der Waals surface area contributed by atoms with Gasteiger partial charge >= 0.3 is 0 Å². The van der Waals surface area contributed by atoms with Crippen LogP contribution in [-0.4, -0.2) is 21.2 Å². The number of aliphatic hydroxyl groups excluding tert-OH is 1. The second-order valence-electron chi connectivity index (χ2n) is 4.67. The molecule has 21 heavy (non-hydrogen) atoms. The molecule has 0 aliphatic heterocycles. The van der Waals surface area contributed by atoms with Crippen molar-refractivity contribution in [2.75, 3.05) is 11.1 Å². The second kappa shape index (κ2) is 6.93. The van der Waals surface area contributed by atoms with Crippen LogP contribution in [-0.2, 0) is 6.61 Å². The first kappa shape index (κ1) is 15.8. The van der Waals surface area contributed by atoms with Crippen molar-refractivity contribution in [1.29, 1.82) is 0 Å². The number of amides is 1. The second-order valence-corrected chi connectivity index (χ2v) is 7.18. The van der Waals surface area contributed by atoms with Crippen molar-refractivity contribution >= 4 is 39.8 Å². The van der Waals surface area contributed by atoms with E-state index in [1.165, 1.54) is 11.3 Å². The Bertz CT molecular complexity index is 641. The van der Waals surface area contributed by atoms with Crippen molar-refractivity contribution in [3.05, 3.63) is 34.8 Å². The number of carbonyl (C=O) groups is 1. The number of hydrogen-bond donors (Lipinski definition) is 3. The summed E-state index contributed by atoms with van der Waals surface area (Å²) in [5.41, 5.74) is 7.28. The molecule has 2 aromatic rings. The predicted octanol–water partition coefficient (Wildman–Crippen LogP) is 2.97. The van der Waals surface area contributed by atoms with Gasteiger partial charge in [-0.1, -0.05) is 13.8 Å². The average molecular weight is 323 g/mol. The fraction of sp³-hybridized carbons (Fsp3) is 0.286. The molecule has 0 saturated heterocycles. The zero-order chi connectivity index (χ0) is 15.4. The molecule has 1 aromatic heterocycles. The molecule has 112 valence electrons. The van der Waals surface area contributed by atoms with Gasteiger partial charge in [-0.05, 0) is 18.2 Å². The molecule has 4 N–H and O–H groups in total. The molecule has 1 heterocycles. The molecule has 1 amide bonds. The van der Waals surface area contributed by atoms with Gasteiger partial charge in [0.25, 0.3) is 5.91 Å². The van der Waals surface area contributed by atoms with Gasteiger partial charge in [-0.25, -0.2) is 4.98 Å². The van der Waals surface area contributed by atoms with E-state index in [-0.39, 0.29) is 12.5 Å². The van der Waals surface area contributed by atoms with Crippen molar-refractivity contribution < 1.29 is 9.90 Å². The van der Waals surface area contributed by atoms with E-state index in [4.69, 9.17) is 10.8 Å². The van der Waals surface area contributed by atoms with Crippen LogP contribution in [0.4, 0.5) is 10.8 Å². The highest BCUT2D eigenvalue weighted by Crippen LogP contribution is 2.27. The van der Waals surface area contributed by atoms with Gasteiger partial charge in [0.2, 0.25) is 0 Å². The first-order chi connectivity index (χ1) is 9.99. The molecule has 5 nitrogen and oxygen atoms in total. The van der Waals surface area contributed by atoms with Gasteiger partial charge in [-0.2, -0.15) is 0 Å². The SMILES string of the molecule is CC(C)Sc1ccc(N)c(C(=O)Nc2nc(CO)cs2)c1. The third-order valence-corrected chi connectivity index (χ3v) is 4.38. The maximum absolute atomic E-state index is 12.3. The van der Waals surface area contributed by atoms with Crippen LogP contribution in [0.1, 0.15) is 29.9 Å². The summed E-state index contributed by atoms with van der Waals surface area (Å²) in [5, 5.41) is 14.3. The fourth-order valence-corrected chi connectivity index (χ4v) is 3.25. The molecule has 0 spiro atoms. The van der Waals surface area contributed by atoms with Gasteiger partial charge in [0.05, 0.1) is 17.9 Å². The summed E-state index contributed by atoms with van der Waals surface area (Å²) in [5.74, 6) is -0.294. The number of aromatic nitrogens is 1. The lowest BCUT2D eigenvalue weighted by Gasteiger charge is -2.09. The number of nitrogens with one attached hydrogen (secondary N) is 1. The van der Waals surface area contributed by atoms with Crippen LogP contribution >= 0.6 is 23.1 Å². The summed E-state index contributed by atoms with van der Waals surface area (Å²) in [4.78, 5) is 17.4. The number of benzene rings is 1. The van der Waals surface area contributed by atoms with Crippen LogP contribution in [0.5, 0.6) is 0 Å². The van der Waals surface area contributed by atoms with Crippen molar-refractivity contribution in [1.82, 2.24) is 4.98 Å². The van der Waals surface area contributed by atoms with Crippen LogP contribution < -0.4 is 11.1 Å². The first-order valence-corrected chi connectivity index (χ1v) is 8.18. The highest BCUT2D eigenvalue weighted by atomic mass is 32.2. The van der Waals surface area contributed by atoms with Crippen molar-refractivity contribution in [2.24, 2.45) is 0 Å². The summed E-state index contributed by atoms with van der Waals surface area (Å²) >= 11 is 2.94. The summed E-state index contributed by atoms with van der Waals surface area (Å²) < 4.78 is 0. The minimum atomic E-state index is -0.294. The van der Waals surface area contributed by atoms with Crippen LogP contribution in [0.3, 0.4) is 0 Å². The van der Waals surface area contributed by atoms with Crippen LogP contribution in [0.25, 0.3) is 0 Å². The summed E-state index contributed by atoms with van der Waals surface area (Å²) in [6.07, 6.45) is 0. The molecule has 0 radical (unpaired) electrons. The Morgan fingerprint density at radius 3 is 2.90 bits per heavy atom. The van der Waals surface area contributed by atoms with Crippen LogP contribution in [0.2, 0.25) is 0 Å². The van der Waals surface area contributed by atoms with Gasteiger partial charge < -0.3 is 10.8 Å². The Morgan fingerprint density at radius 1 is 1.52 bits per heavy atom. The van der Waals surface area contributed by atoms with E-state index in [0.29, 0.717) is 27.3 Å². The number of rotatable bonds is 5. The normalized spacial score (nSPS) is 10.9. The van der Waals surface area contributed by atoms with Crippen molar-refractivity contribution in [3.8, 4) is 0 Å². The Labute approximate surface area is 131 Å². The lowest BCUT2D eigenvalue weighted by atomic mass is 10.1. The molecule has 0 atom stereocenters. The van der Waals surface area contributed by atoms with E-state index in [1.54, 1.807) is 29.3 Å². The molecular formula is C14H17N3O2S2. The monoisotopic (exact) mass is 323 g/mol. The standard InChI is InChI=1S/C14H17N3O2S2/c1-8(2)21-10-3-4-12(15)11(5-10)13(19)17-14-16-9(6-18)7-20-14/h3-5,7-8,18H,6,15H2,1-2H3,(H,16,17,19). The molecule has 0 aliphatic rings. The van der Waals surface area contributed by atoms with Gasteiger partial charge in [0.15, 0.2) is 5.13 Å². The van der Waals surface area contributed by atoms with Crippen LogP contribution in [0, 0.1) is 0 Å². The Balaban J connectivity index is 2.17. The quantitative estimate of drug-likeness (QED) is 0.581. The Morgan fingerprint density at radius 2 is 2.29 bits per heavy atom.